The second kappa shape index (κ2) is 4.16. The van der Waals surface area contributed by atoms with E-state index in [0.29, 0.717) is 5.71 Å². The average Bonchev–Trinajstić information content (AvgIpc) is 2.74. The van der Waals surface area contributed by atoms with Crippen LogP contribution in [0.4, 0.5) is 5.69 Å². The molecule has 1 aliphatic heterocycles. The molecular weight excluding hydrogens is 220 g/mol. The third-order valence-corrected chi connectivity index (χ3v) is 2.88. The Morgan fingerprint density at radius 1 is 1.35 bits per heavy atom. The number of nitrogens with zero attached hydrogens (tertiary/aromatic N) is 1. The molecule has 2 rings (SSSR count). The fourth-order valence-electron chi connectivity index (χ4n) is 1.55. The zero-order chi connectivity index (χ0) is 12.5. The van der Waals surface area contributed by atoms with E-state index in [1.54, 1.807) is 6.92 Å². The molecule has 0 bridgehead atoms. The highest BCUT2D eigenvalue weighted by Gasteiger charge is 2.23. The minimum absolute atomic E-state index is 0.263. The van der Waals surface area contributed by atoms with Gasteiger partial charge in [0.1, 0.15) is 0 Å². The van der Waals surface area contributed by atoms with Crippen LogP contribution in [0.25, 0.3) is 0 Å². The lowest BCUT2D eigenvalue weighted by molar-refractivity contribution is 0.174. The van der Waals surface area contributed by atoms with Crippen LogP contribution in [-0.4, -0.2) is 23.3 Å². The lowest BCUT2D eigenvalue weighted by Gasteiger charge is -2.26. The molecule has 17 heavy (non-hydrogen) atoms. The van der Waals surface area contributed by atoms with E-state index >= 15 is 0 Å². The quantitative estimate of drug-likeness (QED) is 0.480. The first-order chi connectivity index (χ1) is 8.03. The topological polar surface area (TPSA) is 63.1 Å². The van der Waals surface area contributed by atoms with Crippen molar-refractivity contribution < 1.29 is 14.7 Å². The molecule has 0 atom stereocenters. The third kappa shape index (κ3) is 2.27. The van der Waals surface area contributed by atoms with E-state index in [1.807, 2.05) is 32.0 Å². The molecule has 0 aliphatic carbocycles. The average molecular weight is 236 g/mol. The first kappa shape index (κ1) is 11.6. The zero-order valence-electron chi connectivity index (χ0n) is 10.2. The minimum Gasteiger partial charge on any atom is -0.454 e. The summed E-state index contributed by atoms with van der Waals surface area (Å²) in [6.07, 6.45) is 0. The SMILES string of the molecule is C/C(=N/O)C(C)(C)Nc1ccc2c(c1)OCO2. The van der Waals surface area contributed by atoms with E-state index in [9.17, 15) is 0 Å². The van der Waals surface area contributed by atoms with E-state index in [-0.39, 0.29) is 6.79 Å². The summed E-state index contributed by atoms with van der Waals surface area (Å²) in [5.41, 5.74) is 1.07. The van der Waals surface area contributed by atoms with Crippen LogP contribution in [0.15, 0.2) is 23.4 Å². The number of rotatable bonds is 3. The van der Waals surface area contributed by atoms with Crippen LogP contribution in [0.5, 0.6) is 11.5 Å². The molecule has 1 aromatic carbocycles. The van der Waals surface area contributed by atoms with Crippen LogP contribution in [0.1, 0.15) is 20.8 Å². The number of oxime groups is 1. The molecule has 92 valence electrons. The Balaban J connectivity index is 2.19. The summed E-state index contributed by atoms with van der Waals surface area (Å²) in [5.74, 6) is 1.48. The number of anilines is 1. The van der Waals surface area contributed by atoms with Gasteiger partial charge in [0.2, 0.25) is 6.79 Å². The summed E-state index contributed by atoms with van der Waals surface area (Å²) in [7, 11) is 0. The number of hydrogen-bond donors (Lipinski definition) is 2. The number of nitrogens with one attached hydrogen (secondary N) is 1. The van der Waals surface area contributed by atoms with Crippen molar-refractivity contribution in [2.45, 2.75) is 26.3 Å². The maximum absolute atomic E-state index is 8.81. The summed E-state index contributed by atoms with van der Waals surface area (Å²) < 4.78 is 10.5. The lowest BCUT2D eigenvalue weighted by atomic mass is 9.99. The molecule has 5 heteroatoms. The van der Waals surface area contributed by atoms with Crippen LogP contribution >= 0.6 is 0 Å². The first-order valence-corrected chi connectivity index (χ1v) is 5.40. The largest absolute Gasteiger partial charge is 0.454 e. The smallest absolute Gasteiger partial charge is 0.231 e. The molecule has 1 aliphatic rings. The Morgan fingerprint density at radius 3 is 2.76 bits per heavy atom. The lowest BCUT2D eigenvalue weighted by Crippen LogP contribution is -2.38. The van der Waals surface area contributed by atoms with Crippen molar-refractivity contribution in [3.05, 3.63) is 18.2 Å². The molecule has 0 radical (unpaired) electrons. The monoisotopic (exact) mass is 236 g/mol. The molecule has 0 amide bonds. The van der Waals surface area contributed by atoms with Crippen molar-refractivity contribution in [3.8, 4) is 11.5 Å². The zero-order valence-corrected chi connectivity index (χ0v) is 10.2. The van der Waals surface area contributed by atoms with Crippen molar-refractivity contribution in [1.82, 2.24) is 0 Å². The second-order valence-electron chi connectivity index (χ2n) is 4.50. The molecule has 0 spiro atoms. The van der Waals surface area contributed by atoms with Gasteiger partial charge in [-0.05, 0) is 32.9 Å². The molecule has 1 heterocycles. The van der Waals surface area contributed by atoms with Gasteiger partial charge >= 0.3 is 0 Å². The van der Waals surface area contributed by atoms with Crippen LogP contribution in [0.2, 0.25) is 0 Å². The molecule has 0 saturated heterocycles. The van der Waals surface area contributed by atoms with Gasteiger partial charge in [0.05, 0.1) is 11.3 Å². The van der Waals surface area contributed by atoms with Crippen LogP contribution in [-0.2, 0) is 0 Å². The van der Waals surface area contributed by atoms with Crippen molar-refractivity contribution in [3.63, 3.8) is 0 Å². The molecular formula is C12H16N2O3. The Kier molecular flexibility index (Phi) is 2.83. The maximum Gasteiger partial charge on any atom is 0.231 e. The normalized spacial score (nSPS) is 14.9. The van der Waals surface area contributed by atoms with Gasteiger partial charge in [0, 0.05) is 11.8 Å². The molecule has 2 N–H and O–H groups in total. The maximum atomic E-state index is 8.81. The van der Waals surface area contributed by atoms with Crippen LogP contribution < -0.4 is 14.8 Å². The van der Waals surface area contributed by atoms with Gasteiger partial charge in [-0.1, -0.05) is 5.16 Å². The van der Waals surface area contributed by atoms with Gasteiger partial charge in [-0.2, -0.15) is 0 Å². The van der Waals surface area contributed by atoms with Gasteiger partial charge in [-0.25, -0.2) is 0 Å². The summed E-state index contributed by atoms with van der Waals surface area (Å²) in [6.45, 7) is 5.90. The molecule has 5 nitrogen and oxygen atoms in total. The standard InChI is InChI=1S/C12H16N2O3/c1-8(14-15)12(2,3)13-9-4-5-10-11(6-9)17-7-16-10/h4-6,13,15H,7H2,1-3H3/b14-8-. The fourth-order valence-corrected chi connectivity index (χ4v) is 1.55. The molecule has 1 aromatic rings. The van der Waals surface area contributed by atoms with Gasteiger partial charge < -0.3 is 20.0 Å². The van der Waals surface area contributed by atoms with Gasteiger partial charge in [-0.3, -0.25) is 0 Å². The molecule has 0 aromatic heterocycles. The van der Waals surface area contributed by atoms with Crippen molar-refractivity contribution >= 4 is 11.4 Å². The Morgan fingerprint density at radius 2 is 2.06 bits per heavy atom. The first-order valence-electron chi connectivity index (χ1n) is 5.40. The van der Waals surface area contributed by atoms with Gasteiger partial charge in [-0.15, -0.1) is 0 Å². The van der Waals surface area contributed by atoms with Crippen molar-refractivity contribution in [2.75, 3.05) is 12.1 Å². The fraction of sp³-hybridized carbons (Fsp3) is 0.417. The van der Waals surface area contributed by atoms with E-state index in [4.69, 9.17) is 14.7 Å². The molecule has 0 saturated carbocycles. The number of fused-ring (bicyclic) bond motifs is 1. The van der Waals surface area contributed by atoms with Crippen molar-refractivity contribution in [2.24, 2.45) is 5.16 Å². The predicted molar refractivity (Wildman–Crippen MR) is 65.2 cm³/mol. The van der Waals surface area contributed by atoms with E-state index in [1.165, 1.54) is 0 Å². The number of hydrogen-bond acceptors (Lipinski definition) is 5. The highest BCUT2D eigenvalue weighted by molar-refractivity contribution is 5.92. The Hall–Kier alpha value is -1.91. The summed E-state index contributed by atoms with van der Waals surface area (Å²) in [5, 5.41) is 15.3. The van der Waals surface area contributed by atoms with Gasteiger partial charge in [0.15, 0.2) is 11.5 Å². The Bertz CT molecular complexity index is 455. The Labute approximate surface area is 100 Å². The minimum atomic E-state index is -0.428. The third-order valence-electron chi connectivity index (χ3n) is 2.88. The van der Waals surface area contributed by atoms with E-state index in [2.05, 4.69) is 10.5 Å². The number of ether oxygens (including phenoxy) is 2. The molecule has 0 unspecified atom stereocenters. The second-order valence-corrected chi connectivity index (χ2v) is 4.50. The van der Waals surface area contributed by atoms with Crippen molar-refractivity contribution in [1.29, 1.82) is 0 Å². The summed E-state index contributed by atoms with van der Waals surface area (Å²) in [4.78, 5) is 0. The highest BCUT2D eigenvalue weighted by Crippen LogP contribution is 2.35. The summed E-state index contributed by atoms with van der Waals surface area (Å²) in [6, 6.07) is 5.63. The van der Waals surface area contributed by atoms with Crippen LogP contribution in [0.3, 0.4) is 0 Å². The van der Waals surface area contributed by atoms with E-state index in [0.717, 1.165) is 17.2 Å². The van der Waals surface area contributed by atoms with Crippen LogP contribution in [0, 0.1) is 0 Å². The van der Waals surface area contributed by atoms with Gasteiger partial charge in [0.25, 0.3) is 0 Å². The predicted octanol–water partition coefficient (Wildman–Crippen LogP) is 2.46. The van der Waals surface area contributed by atoms with E-state index < -0.39 is 5.54 Å². The highest BCUT2D eigenvalue weighted by atomic mass is 16.7. The molecule has 0 fully saturated rings. The summed E-state index contributed by atoms with van der Waals surface area (Å²) >= 11 is 0. The number of benzene rings is 1.